The molecule has 0 aliphatic carbocycles. The Morgan fingerprint density at radius 2 is 1.86 bits per heavy atom. The van der Waals surface area contributed by atoms with Gasteiger partial charge < -0.3 is 4.90 Å². The number of hydrogen-bond acceptors (Lipinski definition) is 5. The molecule has 0 unspecified atom stereocenters. The average Bonchev–Trinajstić information content (AvgIpc) is 3.41. The Bertz CT molecular complexity index is 1440. The van der Waals surface area contributed by atoms with Crippen molar-refractivity contribution in [1.29, 1.82) is 0 Å². The number of halogens is 1. The highest BCUT2D eigenvalue weighted by molar-refractivity contribution is 5.94. The van der Waals surface area contributed by atoms with Crippen LogP contribution in [0.1, 0.15) is 37.0 Å². The van der Waals surface area contributed by atoms with Crippen molar-refractivity contribution in [3.63, 3.8) is 0 Å². The summed E-state index contributed by atoms with van der Waals surface area (Å²) in [6, 6.07) is 15.9. The number of likely N-dealkylation sites (tertiary alicyclic amines) is 1. The molecule has 8 nitrogen and oxygen atoms in total. The second kappa shape index (κ2) is 10.0. The first-order valence-electron chi connectivity index (χ1n) is 12.4. The minimum Gasteiger partial charge on any atom is -0.337 e. The summed E-state index contributed by atoms with van der Waals surface area (Å²) in [6.45, 7) is 7.79. The van der Waals surface area contributed by atoms with Crippen LogP contribution in [0.5, 0.6) is 0 Å². The molecule has 0 N–H and O–H groups in total. The molecule has 5 rings (SSSR count). The number of carbonyl (C=O) groups is 1. The summed E-state index contributed by atoms with van der Waals surface area (Å²) in [5, 5.41) is 8.81. The Hall–Kier alpha value is -3.85. The minimum atomic E-state index is -0.786. The molecule has 1 atom stereocenters. The van der Waals surface area contributed by atoms with Crippen LogP contribution in [0.4, 0.5) is 4.48 Å². The van der Waals surface area contributed by atoms with E-state index >= 15 is 0 Å². The first-order chi connectivity index (χ1) is 17.5. The fourth-order valence-electron chi connectivity index (χ4n) is 5.03. The van der Waals surface area contributed by atoms with Crippen molar-refractivity contribution in [2.75, 3.05) is 26.2 Å². The Kier molecular flexibility index (Phi) is 6.65. The number of aromatic nitrogens is 4. The van der Waals surface area contributed by atoms with Gasteiger partial charge in [-0.1, -0.05) is 41.7 Å². The second-order valence-corrected chi connectivity index (χ2v) is 9.07. The number of nitrogens with zero attached hydrogens (tertiary/aromatic N) is 6. The molecule has 0 spiro atoms. The van der Waals surface area contributed by atoms with Crippen molar-refractivity contribution in [2.24, 2.45) is 0 Å². The number of rotatable bonds is 6. The molecule has 2 aromatic carbocycles. The van der Waals surface area contributed by atoms with Crippen LogP contribution in [-0.4, -0.2) is 67.7 Å². The maximum absolute atomic E-state index is 14.6. The monoisotopic (exact) mass is 488 g/mol. The highest BCUT2D eigenvalue weighted by Gasteiger charge is 2.27. The van der Waals surface area contributed by atoms with Gasteiger partial charge in [-0.15, -0.1) is 9.89 Å². The summed E-state index contributed by atoms with van der Waals surface area (Å²) in [4.78, 5) is 30.2. The van der Waals surface area contributed by atoms with Crippen LogP contribution < -0.4 is 5.56 Å². The third-order valence-corrected chi connectivity index (χ3v) is 7.02. The Morgan fingerprint density at radius 1 is 1.11 bits per heavy atom. The number of piperidine rings is 1. The molecular weight excluding hydrogens is 459 g/mol. The van der Waals surface area contributed by atoms with Crippen LogP contribution in [0.15, 0.2) is 65.6 Å². The lowest BCUT2D eigenvalue weighted by Crippen LogP contribution is -2.49. The van der Waals surface area contributed by atoms with Gasteiger partial charge in [-0.05, 0) is 62.3 Å². The second-order valence-electron chi connectivity index (χ2n) is 9.07. The van der Waals surface area contributed by atoms with Crippen LogP contribution in [0.3, 0.4) is 0 Å². The van der Waals surface area contributed by atoms with Crippen molar-refractivity contribution < 1.29 is 9.28 Å². The maximum Gasteiger partial charge on any atom is 0.288 e. The van der Waals surface area contributed by atoms with Crippen molar-refractivity contribution in [1.82, 2.24) is 29.6 Å². The lowest BCUT2D eigenvalue weighted by atomic mass is 10.0. The zero-order valence-corrected chi connectivity index (χ0v) is 20.5. The Labute approximate surface area is 208 Å². The molecule has 3 heterocycles. The maximum atomic E-state index is 14.6. The fraction of sp³-hybridized carbons (Fsp3) is 0.333. The largest absolute Gasteiger partial charge is 0.337 e. The normalized spacial score (nSPS) is 16.1. The number of amides is 1. The van der Waals surface area contributed by atoms with E-state index in [0.717, 1.165) is 39.0 Å². The molecule has 1 amide bonds. The van der Waals surface area contributed by atoms with E-state index in [-0.39, 0.29) is 27.5 Å². The third kappa shape index (κ3) is 4.42. The lowest BCUT2D eigenvalue weighted by molar-refractivity contribution is 0.0589. The molecule has 2 aromatic heterocycles. The molecule has 186 valence electrons. The summed E-state index contributed by atoms with van der Waals surface area (Å²) < 4.78 is 16.1. The topological polar surface area (TPSA) is 76.3 Å². The predicted octanol–water partition coefficient (Wildman–Crippen LogP) is 3.93. The summed E-state index contributed by atoms with van der Waals surface area (Å²) in [6.07, 6.45) is 3.70. The van der Waals surface area contributed by atoms with E-state index in [1.165, 1.54) is 4.68 Å². The van der Waals surface area contributed by atoms with Gasteiger partial charge >= 0.3 is 0 Å². The highest BCUT2D eigenvalue weighted by atomic mass is 19.2. The van der Waals surface area contributed by atoms with Crippen LogP contribution >= 0.6 is 0 Å². The van der Waals surface area contributed by atoms with E-state index in [2.05, 4.69) is 29.1 Å². The van der Waals surface area contributed by atoms with Gasteiger partial charge in [-0.2, -0.15) is 0 Å². The molecule has 1 aliphatic rings. The number of likely N-dealkylation sites (N-methyl/N-ethyl adjacent to an activating group) is 1. The first-order valence-corrected chi connectivity index (χ1v) is 12.4. The van der Waals surface area contributed by atoms with E-state index in [4.69, 9.17) is 0 Å². The van der Waals surface area contributed by atoms with Crippen LogP contribution in [0, 0.1) is 0 Å². The molecule has 0 radical (unpaired) electrons. The molecule has 0 saturated carbocycles. The van der Waals surface area contributed by atoms with Crippen molar-refractivity contribution in [2.45, 2.75) is 32.7 Å². The van der Waals surface area contributed by atoms with Gasteiger partial charge in [-0.3, -0.25) is 14.5 Å². The zero-order chi connectivity index (χ0) is 25.2. The van der Waals surface area contributed by atoms with Gasteiger partial charge in [-0.25, -0.2) is 4.68 Å². The number of pyridine rings is 1. The van der Waals surface area contributed by atoms with Crippen molar-refractivity contribution in [3.05, 3.63) is 76.7 Å². The number of benzene rings is 2. The van der Waals surface area contributed by atoms with Gasteiger partial charge in [0, 0.05) is 30.1 Å². The van der Waals surface area contributed by atoms with E-state index in [9.17, 15) is 14.1 Å². The predicted molar refractivity (Wildman–Crippen MR) is 137 cm³/mol. The van der Waals surface area contributed by atoms with Crippen molar-refractivity contribution in [3.8, 4) is 16.9 Å². The summed E-state index contributed by atoms with van der Waals surface area (Å²) in [5.41, 5.74) is 1.12. The molecule has 1 saturated heterocycles. The average molecular weight is 489 g/mol. The number of fused-ring (bicyclic) bond motifs is 1. The number of para-hydroxylation sites is 1. The first kappa shape index (κ1) is 23.9. The molecule has 1 fully saturated rings. The molecule has 9 heteroatoms. The van der Waals surface area contributed by atoms with Crippen LogP contribution in [0.25, 0.3) is 27.8 Å². The summed E-state index contributed by atoms with van der Waals surface area (Å²) >= 11 is 0. The van der Waals surface area contributed by atoms with E-state index in [1.54, 1.807) is 60.8 Å². The molecule has 36 heavy (non-hydrogen) atoms. The summed E-state index contributed by atoms with van der Waals surface area (Å²) in [5.74, 6) is 0.0253. The molecule has 4 aromatic rings. The molecule has 1 aliphatic heterocycles. The standard InChI is InChI=1S/C27H29FN6O2/c1-3-31(4-2)22-9-7-15-32(17-22)26(35)19-11-13-21(14-12-19)33-18-24(29-30-33)23-16-20-8-5-6-10-25(20)34(28)27(23)36/h5-6,8,10-14,16,18,22H,3-4,7,9,15,17H2,1-2H3/t22-/m0/s1. The molecule has 0 bridgehead atoms. The third-order valence-electron chi connectivity index (χ3n) is 7.02. The molecular formula is C27H29FN6O2. The van der Waals surface area contributed by atoms with Crippen molar-refractivity contribution >= 4 is 16.8 Å². The van der Waals surface area contributed by atoms with Gasteiger partial charge in [0.25, 0.3) is 11.5 Å². The minimum absolute atomic E-state index is 0.0253. The summed E-state index contributed by atoms with van der Waals surface area (Å²) in [7, 11) is 0. The van der Waals surface area contributed by atoms with Gasteiger partial charge in [0.2, 0.25) is 0 Å². The van der Waals surface area contributed by atoms with E-state index in [1.807, 2.05) is 4.90 Å². The van der Waals surface area contributed by atoms with Gasteiger partial charge in [0.05, 0.1) is 23.0 Å². The number of carbonyl (C=O) groups excluding carboxylic acids is 1. The zero-order valence-electron chi connectivity index (χ0n) is 20.5. The number of hydrogen-bond donors (Lipinski definition) is 0. The van der Waals surface area contributed by atoms with E-state index in [0.29, 0.717) is 22.7 Å². The van der Waals surface area contributed by atoms with E-state index < -0.39 is 5.56 Å². The Morgan fingerprint density at radius 3 is 2.61 bits per heavy atom. The van der Waals surface area contributed by atoms with Crippen LogP contribution in [0.2, 0.25) is 0 Å². The SMILES string of the molecule is CCN(CC)[C@H]1CCCN(C(=O)c2ccc(-n3cc(-c4cc5ccccc5n(F)c4=O)nn3)cc2)C1. The lowest BCUT2D eigenvalue weighted by Gasteiger charge is -2.38. The quantitative estimate of drug-likeness (QED) is 0.411. The van der Waals surface area contributed by atoms with Gasteiger partial charge in [0.15, 0.2) is 0 Å². The highest BCUT2D eigenvalue weighted by Crippen LogP contribution is 2.22. The fourth-order valence-corrected chi connectivity index (χ4v) is 5.03. The smallest absolute Gasteiger partial charge is 0.288 e. The van der Waals surface area contributed by atoms with Crippen LogP contribution in [-0.2, 0) is 0 Å². The van der Waals surface area contributed by atoms with Gasteiger partial charge in [0.1, 0.15) is 5.69 Å². The Balaban J connectivity index is 1.35.